The molecule has 2 aromatic rings. The molecular formula is C15H12Cl2O3. The second kappa shape index (κ2) is 6.07. The highest BCUT2D eigenvalue weighted by molar-refractivity contribution is 6.59. The van der Waals surface area contributed by atoms with Crippen LogP contribution in [0.4, 0.5) is 0 Å². The van der Waals surface area contributed by atoms with Crippen molar-refractivity contribution >= 4 is 28.8 Å². The minimum atomic E-state index is 0.0343. The largest absolute Gasteiger partial charge is 0.508 e. The Bertz CT molecular complexity index is 645. The third-order valence-corrected chi connectivity index (χ3v) is 3.19. The van der Waals surface area contributed by atoms with Crippen molar-refractivity contribution in [1.82, 2.24) is 0 Å². The van der Waals surface area contributed by atoms with Gasteiger partial charge in [0.25, 0.3) is 0 Å². The zero-order valence-electron chi connectivity index (χ0n) is 10.6. The molecule has 2 aromatic carbocycles. The Labute approximate surface area is 126 Å². The number of benzene rings is 2. The smallest absolute Gasteiger partial charge is 0.161 e. The summed E-state index contributed by atoms with van der Waals surface area (Å²) < 4.78 is 5.16. The number of aromatic hydroxyl groups is 2. The van der Waals surface area contributed by atoms with E-state index in [9.17, 15) is 10.2 Å². The number of ether oxygens (including phenoxy) is 1. The normalized spacial score (nSPS) is 10.2. The predicted molar refractivity (Wildman–Crippen MR) is 80.5 cm³/mol. The summed E-state index contributed by atoms with van der Waals surface area (Å²) in [5, 5.41) is 19.0. The van der Waals surface area contributed by atoms with Crippen molar-refractivity contribution in [2.45, 2.75) is 0 Å². The predicted octanol–water partition coefficient (Wildman–Crippen LogP) is 4.30. The van der Waals surface area contributed by atoms with Crippen molar-refractivity contribution in [3.05, 3.63) is 58.1 Å². The molecule has 0 saturated heterocycles. The fraction of sp³-hybridized carbons (Fsp3) is 0.0667. The summed E-state index contributed by atoms with van der Waals surface area (Å²) in [5.41, 5.74) is 2.03. The Hall–Kier alpha value is -1.84. The molecule has 2 rings (SSSR count). The minimum absolute atomic E-state index is 0.0343. The van der Waals surface area contributed by atoms with Gasteiger partial charge in [0.05, 0.1) is 7.11 Å². The van der Waals surface area contributed by atoms with Gasteiger partial charge in [-0.05, 0) is 35.4 Å². The van der Waals surface area contributed by atoms with E-state index >= 15 is 0 Å². The number of methoxy groups -OCH3 is 1. The molecule has 0 atom stereocenters. The summed E-state index contributed by atoms with van der Waals surface area (Å²) >= 11 is 11.9. The summed E-state index contributed by atoms with van der Waals surface area (Å²) in [6, 6.07) is 11.3. The van der Waals surface area contributed by atoms with Crippen LogP contribution in [0.5, 0.6) is 17.2 Å². The minimum Gasteiger partial charge on any atom is -0.508 e. The number of hydrogen-bond donors (Lipinski definition) is 2. The number of hydrogen-bond acceptors (Lipinski definition) is 3. The fourth-order valence-electron chi connectivity index (χ4n) is 1.85. The van der Waals surface area contributed by atoms with E-state index in [1.165, 1.54) is 13.2 Å². The lowest BCUT2D eigenvalue weighted by Gasteiger charge is -2.11. The van der Waals surface area contributed by atoms with Gasteiger partial charge in [0, 0.05) is 5.57 Å². The molecule has 20 heavy (non-hydrogen) atoms. The average Bonchev–Trinajstić information content (AvgIpc) is 2.42. The topological polar surface area (TPSA) is 49.7 Å². The highest BCUT2D eigenvalue weighted by Crippen LogP contribution is 2.36. The first kappa shape index (κ1) is 14.6. The molecular weight excluding hydrogens is 299 g/mol. The van der Waals surface area contributed by atoms with Crippen molar-refractivity contribution in [3.8, 4) is 17.2 Å². The molecule has 0 saturated carbocycles. The van der Waals surface area contributed by atoms with Gasteiger partial charge in [-0.2, -0.15) is 0 Å². The maximum absolute atomic E-state index is 9.62. The number of rotatable bonds is 3. The van der Waals surface area contributed by atoms with Crippen LogP contribution in [0, 0.1) is 0 Å². The zero-order valence-corrected chi connectivity index (χ0v) is 12.1. The molecule has 0 fully saturated rings. The lowest BCUT2D eigenvalue weighted by molar-refractivity contribution is 0.373. The Morgan fingerprint density at radius 2 is 1.55 bits per heavy atom. The molecule has 0 heterocycles. The van der Waals surface area contributed by atoms with Crippen LogP contribution >= 0.6 is 23.2 Å². The lowest BCUT2D eigenvalue weighted by atomic mass is 9.99. The van der Waals surface area contributed by atoms with E-state index in [1.807, 2.05) is 0 Å². The van der Waals surface area contributed by atoms with Gasteiger partial charge in [0.1, 0.15) is 10.2 Å². The molecule has 104 valence electrons. The van der Waals surface area contributed by atoms with Crippen LogP contribution in [0.15, 0.2) is 47.0 Å². The molecule has 0 aliphatic heterocycles. The highest BCUT2D eigenvalue weighted by Gasteiger charge is 2.12. The molecule has 0 aliphatic rings. The molecule has 0 aliphatic carbocycles. The fourth-order valence-corrected chi connectivity index (χ4v) is 2.28. The van der Waals surface area contributed by atoms with Crippen LogP contribution in [0.2, 0.25) is 0 Å². The average molecular weight is 311 g/mol. The quantitative estimate of drug-likeness (QED) is 0.888. The van der Waals surface area contributed by atoms with E-state index in [0.717, 1.165) is 5.56 Å². The van der Waals surface area contributed by atoms with E-state index < -0.39 is 0 Å². The van der Waals surface area contributed by atoms with Gasteiger partial charge >= 0.3 is 0 Å². The van der Waals surface area contributed by atoms with Crippen LogP contribution in [0.3, 0.4) is 0 Å². The number of phenols is 2. The standard InChI is InChI=1S/C15H12Cl2O3/c1-20-13-8-10(4-7-12(13)19)14(15(16)17)9-2-5-11(18)6-3-9/h2-8,18-19H,1H3. The van der Waals surface area contributed by atoms with E-state index in [-0.39, 0.29) is 16.0 Å². The van der Waals surface area contributed by atoms with Crippen LogP contribution in [-0.4, -0.2) is 17.3 Å². The van der Waals surface area contributed by atoms with Crippen molar-refractivity contribution in [1.29, 1.82) is 0 Å². The van der Waals surface area contributed by atoms with Crippen LogP contribution in [-0.2, 0) is 0 Å². The van der Waals surface area contributed by atoms with Gasteiger partial charge in [-0.25, -0.2) is 0 Å². The maximum Gasteiger partial charge on any atom is 0.161 e. The molecule has 5 heteroatoms. The van der Waals surface area contributed by atoms with Gasteiger partial charge in [0.2, 0.25) is 0 Å². The third-order valence-electron chi connectivity index (χ3n) is 2.81. The molecule has 0 unspecified atom stereocenters. The Morgan fingerprint density at radius 1 is 0.950 bits per heavy atom. The van der Waals surface area contributed by atoms with Gasteiger partial charge in [-0.3, -0.25) is 0 Å². The van der Waals surface area contributed by atoms with E-state index in [1.54, 1.807) is 36.4 Å². The molecule has 0 spiro atoms. The Kier molecular flexibility index (Phi) is 4.42. The molecule has 2 N–H and O–H groups in total. The third kappa shape index (κ3) is 3.00. The molecule has 0 radical (unpaired) electrons. The SMILES string of the molecule is COc1cc(C(=C(Cl)Cl)c2ccc(O)cc2)ccc1O. The highest BCUT2D eigenvalue weighted by atomic mass is 35.5. The van der Waals surface area contributed by atoms with Gasteiger partial charge < -0.3 is 14.9 Å². The van der Waals surface area contributed by atoms with Crippen LogP contribution in [0.1, 0.15) is 11.1 Å². The second-order valence-corrected chi connectivity index (χ2v) is 5.02. The zero-order chi connectivity index (χ0) is 14.7. The summed E-state index contributed by atoms with van der Waals surface area (Å²) in [6.07, 6.45) is 0. The number of halogens is 2. The van der Waals surface area contributed by atoms with E-state index in [0.29, 0.717) is 16.9 Å². The van der Waals surface area contributed by atoms with Gasteiger partial charge in [0.15, 0.2) is 11.5 Å². The van der Waals surface area contributed by atoms with Crippen molar-refractivity contribution in [2.24, 2.45) is 0 Å². The summed E-state index contributed by atoms with van der Waals surface area (Å²) in [6.45, 7) is 0. The summed E-state index contributed by atoms with van der Waals surface area (Å²) in [7, 11) is 1.46. The summed E-state index contributed by atoms with van der Waals surface area (Å²) in [5.74, 6) is 0.516. The van der Waals surface area contributed by atoms with Crippen molar-refractivity contribution in [3.63, 3.8) is 0 Å². The first-order chi connectivity index (χ1) is 9.52. The van der Waals surface area contributed by atoms with E-state index in [4.69, 9.17) is 27.9 Å². The first-order valence-corrected chi connectivity index (χ1v) is 6.50. The molecule has 3 nitrogen and oxygen atoms in total. The summed E-state index contributed by atoms with van der Waals surface area (Å²) in [4.78, 5) is 0. The maximum atomic E-state index is 9.62. The molecule has 0 amide bonds. The number of phenolic OH excluding ortho intramolecular Hbond substituents is 2. The first-order valence-electron chi connectivity index (χ1n) is 5.75. The Morgan fingerprint density at radius 3 is 2.10 bits per heavy atom. The lowest BCUT2D eigenvalue weighted by Crippen LogP contribution is -1.91. The van der Waals surface area contributed by atoms with Gasteiger partial charge in [-0.1, -0.05) is 41.4 Å². The van der Waals surface area contributed by atoms with Crippen LogP contribution < -0.4 is 4.74 Å². The van der Waals surface area contributed by atoms with Crippen molar-refractivity contribution in [2.75, 3.05) is 7.11 Å². The monoisotopic (exact) mass is 310 g/mol. The van der Waals surface area contributed by atoms with Crippen LogP contribution in [0.25, 0.3) is 5.57 Å². The second-order valence-electron chi connectivity index (χ2n) is 4.07. The molecule has 0 aromatic heterocycles. The van der Waals surface area contributed by atoms with Crippen molar-refractivity contribution < 1.29 is 14.9 Å². The van der Waals surface area contributed by atoms with E-state index in [2.05, 4.69) is 0 Å². The molecule has 0 bridgehead atoms. The van der Waals surface area contributed by atoms with Gasteiger partial charge in [-0.15, -0.1) is 0 Å². The Balaban J connectivity index is 2.56.